The van der Waals surface area contributed by atoms with E-state index >= 15 is 0 Å². The van der Waals surface area contributed by atoms with Crippen LogP contribution in [0.1, 0.15) is 21.7 Å². The lowest BCUT2D eigenvalue weighted by molar-refractivity contribution is -0.384. The summed E-state index contributed by atoms with van der Waals surface area (Å²) in [4.78, 5) is 27.2. The van der Waals surface area contributed by atoms with Crippen molar-refractivity contribution >= 4 is 17.2 Å². The lowest BCUT2D eigenvalue weighted by Crippen LogP contribution is -2.23. The normalized spacial score (nSPS) is 10.6. The minimum absolute atomic E-state index is 0.108. The number of nitro groups is 1. The molecule has 0 saturated carbocycles. The number of carbonyl (C=O) groups excluding carboxylic acids is 1. The second-order valence-electron chi connectivity index (χ2n) is 5.45. The number of pyridine rings is 1. The summed E-state index contributed by atoms with van der Waals surface area (Å²) in [5, 5.41) is 13.6. The molecule has 8 heteroatoms. The monoisotopic (exact) mass is 340 g/mol. The predicted molar refractivity (Wildman–Crippen MR) is 90.7 cm³/mol. The maximum absolute atomic E-state index is 12.4. The highest BCUT2D eigenvalue weighted by Gasteiger charge is 2.17. The smallest absolute Gasteiger partial charge is 0.270 e. The number of benzene rings is 1. The largest absolute Gasteiger partial charge is 0.496 e. The number of hydrogen-bond acceptors (Lipinski definition) is 5. The molecule has 0 radical (unpaired) electrons. The lowest BCUT2D eigenvalue weighted by Gasteiger charge is -2.08. The van der Waals surface area contributed by atoms with Gasteiger partial charge >= 0.3 is 0 Å². The van der Waals surface area contributed by atoms with Crippen molar-refractivity contribution in [3.63, 3.8) is 0 Å². The van der Waals surface area contributed by atoms with Gasteiger partial charge in [-0.15, -0.1) is 0 Å². The molecule has 0 fully saturated rings. The summed E-state index contributed by atoms with van der Waals surface area (Å²) in [6.45, 7) is 2.16. The number of hydrogen-bond donors (Lipinski definition) is 1. The zero-order valence-corrected chi connectivity index (χ0v) is 13.7. The van der Waals surface area contributed by atoms with E-state index in [9.17, 15) is 14.9 Å². The number of nitrogens with one attached hydrogen (secondary N) is 1. The van der Waals surface area contributed by atoms with Crippen LogP contribution in [0.25, 0.3) is 5.65 Å². The molecule has 1 aromatic carbocycles. The summed E-state index contributed by atoms with van der Waals surface area (Å²) in [5.74, 6) is -0.191. The van der Waals surface area contributed by atoms with Gasteiger partial charge in [-0.1, -0.05) is 6.07 Å². The van der Waals surface area contributed by atoms with E-state index in [-0.39, 0.29) is 23.5 Å². The van der Waals surface area contributed by atoms with Crippen LogP contribution in [0.3, 0.4) is 0 Å². The Kier molecular flexibility index (Phi) is 4.34. The third-order valence-electron chi connectivity index (χ3n) is 3.81. The van der Waals surface area contributed by atoms with Crippen molar-refractivity contribution in [2.45, 2.75) is 13.5 Å². The van der Waals surface area contributed by atoms with Crippen LogP contribution in [-0.4, -0.2) is 27.3 Å². The number of methoxy groups -OCH3 is 1. The third-order valence-corrected chi connectivity index (χ3v) is 3.81. The van der Waals surface area contributed by atoms with Crippen LogP contribution in [-0.2, 0) is 6.54 Å². The molecule has 0 unspecified atom stereocenters. The van der Waals surface area contributed by atoms with E-state index in [1.54, 1.807) is 0 Å². The topological polar surface area (TPSA) is 98.8 Å². The Morgan fingerprint density at radius 2 is 2.16 bits per heavy atom. The average Bonchev–Trinajstić information content (AvgIpc) is 3.03. The van der Waals surface area contributed by atoms with Gasteiger partial charge in [-0.2, -0.15) is 0 Å². The number of ether oxygens (including phenoxy) is 1. The van der Waals surface area contributed by atoms with Crippen molar-refractivity contribution in [1.29, 1.82) is 0 Å². The van der Waals surface area contributed by atoms with E-state index in [0.29, 0.717) is 5.69 Å². The van der Waals surface area contributed by atoms with Gasteiger partial charge in [0.15, 0.2) is 0 Å². The van der Waals surface area contributed by atoms with E-state index in [1.165, 1.54) is 25.3 Å². The number of non-ortho nitro benzene ring substituents is 1. The number of carbonyl (C=O) groups is 1. The molecule has 0 aliphatic rings. The van der Waals surface area contributed by atoms with Crippen LogP contribution < -0.4 is 10.1 Å². The van der Waals surface area contributed by atoms with Gasteiger partial charge in [0, 0.05) is 24.0 Å². The van der Waals surface area contributed by atoms with Gasteiger partial charge in [0.1, 0.15) is 11.4 Å². The molecule has 3 rings (SSSR count). The van der Waals surface area contributed by atoms with Crippen LogP contribution in [0.15, 0.2) is 42.6 Å². The number of nitro benzene ring substituents is 1. The molecular formula is C17H16N4O4. The fraction of sp³-hybridized carbons (Fsp3) is 0.176. The highest BCUT2D eigenvalue weighted by Crippen LogP contribution is 2.24. The van der Waals surface area contributed by atoms with Crippen molar-refractivity contribution < 1.29 is 14.5 Å². The second-order valence-corrected chi connectivity index (χ2v) is 5.45. The van der Waals surface area contributed by atoms with Crippen LogP contribution in [0.4, 0.5) is 5.69 Å². The Bertz CT molecular complexity index is 964. The zero-order chi connectivity index (χ0) is 18.0. The van der Waals surface area contributed by atoms with E-state index in [0.717, 1.165) is 11.3 Å². The molecule has 1 amide bonds. The van der Waals surface area contributed by atoms with Crippen LogP contribution in [0.2, 0.25) is 0 Å². The maximum atomic E-state index is 12.4. The molecule has 25 heavy (non-hydrogen) atoms. The van der Waals surface area contributed by atoms with Crippen molar-refractivity contribution in [2.24, 2.45) is 0 Å². The van der Waals surface area contributed by atoms with Gasteiger partial charge in [-0.3, -0.25) is 14.9 Å². The van der Waals surface area contributed by atoms with Crippen molar-refractivity contribution in [1.82, 2.24) is 14.7 Å². The summed E-state index contributed by atoms with van der Waals surface area (Å²) < 4.78 is 7.04. The van der Waals surface area contributed by atoms with Crippen LogP contribution in [0.5, 0.6) is 5.75 Å². The van der Waals surface area contributed by atoms with Gasteiger partial charge in [0.2, 0.25) is 0 Å². The molecule has 128 valence electrons. The fourth-order valence-electron chi connectivity index (χ4n) is 2.54. The number of aromatic nitrogens is 2. The van der Waals surface area contributed by atoms with Gasteiger partial charge in [-0.25, -0.2) is 4.98 Å². The van der Waals surface area contributed by atoms with E-state index in [1.807, 2.05) is 35.7 Å². The molecule has 0 atom stereocenters. The molecule has 8 nitrogen and oxygen atoms in total. The number of fused-ring (bicyclic) bond motifs is 1. The summed E-state index contributed by atoms with van der Waals surface area (Å²) in [6.07, 6.45) is 1.84. The van der Waals surface area contributed by atoms with Crippen molar-refractivity contribution in [3.05, 3.63) is 69.7 Å². The molecule has 0 spiro atoms. The first-order valence-electron chi connectivity index (χ1n) is 7.54. The quantitative estimate of drug-likeness (QED) is 0.568. The summed E-state index contributed by atoms with van der Waals surface area (Å²) in [6, 6.07) is 9.64. The van der Waals surface area contributed by atoms with Gasteiger partial charge in [0.05, 0.1) is 29.8 Å². The van der Waals surface area contributed by atoms with E-state index < -0.39 is 10.8 Å². The average molecular weight is 340 g/mol. The molecule has 1 N–H and O–H groups in total. The molecule has 0 saturated heterocycles. The highest BCUT2D eigenvalue weighted by atomic mass is 16.6. The Morgan fingerprint density at radius 3 is 2.84 bits per heavy atom. The minimum atomic E-state index is -0.554. The van der Waals surface area contributed by atoms with E-state index in [4.69, 9.17) is 4.74 Å². The lowest BCUT2D eigenvalue weighted by atomic mass is 10.1. The molecule has 2 heterocycles. The first-order valence-corrected chi connectivity index (χ1v) is 7.54. The second kappa shape index (κ2) is 6.60. The van der Waals surface area contributed by atoms with Crippen molar-refractivity contribution in [2.75, 3.05) is 7.11 Å². The Balaban J connectivity index is 1.80. The van der Waals surface area contributed by atoms with Gasteiger partial charge in [0.25, 0.3) is 11.6 Å². The number of amides is 1. The Hall–Kier alpha value is -3.42. The fourth-order valence-corrected chi connectivity index (χ4v) is 2.54. The Labute approximate surface area is 143 Å². The Morgan fingerprint density at radius 1 is 1.36 bits per heavy atom. The predicted octanol–water partition coefficient (Wildman–Crippen LogP) is 2.49. The molecular weight excluding hydrogens is 324 g/mol. The summed E-state index contributed by atoms with van der Waals surface area (Å²) in [7, 11) is 1.41. The number of aryl methyl sites for hydroxylation is 1. The maximum Gasteiger partial charge on any atom is 0.270 e. The van der Waals surface area contributed by atoms with Gasteiger partial charge in [-0.05, 0) is 25.1 Å². The standard InChI is InChI=1S/C17H16N4O4/c1-11-4-3-5-16-19-12(10-20(11)16)9-18-17(22)14-8-13(21(23)24)6-7-15(14)25-2/h3-8,10H,9H2,1-2H3,(H,18,22). The molecule has 3 aromatic rings. The summed E-state index contributed by atoms with van der Waals surface area (Å²) in [5.41, 5.74) is 2.44. The minimum Gasteiger partial charge on any atom is -0.496 e. The van der Waals surface area contributed by atoms with Crippen molar-refractivity contribution in [3.8, 4) is 5.75 Å². The SMILES string of the molecule is COc1ccc([N+](=O)[O-])cc1C(=O)NCc1cn2c(C)cccc2n1. The summed E-state index contributed by atoms with van der Waals surface area (Å²) >= 11 is 0. The van der Waals surface area contributed by atoms with E-state index in [2.05, 4.69) is 10.3 Å². The zero-order valence-electron chi connectivity index (χ0n) is 13.7. The third kappa shape index (κ3) is 3.27. The molecule has 0 aliphatic carbocycles. The van der Waals surface area contributed by atoms with Crippen LogP contribution in [0, 0.1) is 17.0 Å². The number of nitrogens with zero attached hydrogens (tertiary/aromatic N) is 3. The molecule has 2 aromatic heterocycles. The highest BCUT2D eigenvalue weighted by molar-refractivity contribution is 5.97. The molecule has 0 aliphatic heterocycles. The number of imidazole rings is 1. The number of rotatable bonds is 5. The molecule has 0 bridgehead atoms. The van der Waals surface area contributed by atoms with Gasteiger partial charge < -0.3 is 14.5 Å². The van der Waals surface area contributed by atoms with Crippen LogP contribution >= 0.6 is 0 Å². The first kappa shape index (κ1) is 16.4. The first-order chi connectivity index (χ1) is 12.0.